The van der Waals surface area contributed by atoms with E-state index in [1.807, 2.05) is 13.0 Å². The molecule has 0 bridgehead atoms. The zero-order valence-electron chi connectivity index (χ0n) is 7.79. The lowest BCUT2D eigenvalue weighted by Gasteiger charge is -2.28. The Kier molecular flexibility index (Phi) is 1.70. The van der Waals surface area contributed by atoms with Gasteiger partial charge in [0, 0.05) is 11.8 Å². The van der Waals surface area contributed by atoms with Crippen LogP contribution in [-0.2, 0) is 4.79 Å². The second-order valence-electron chi connectivity index (χ2n) is 4.14. The summed E-state index contributed by atoms with van der Waals surface area (Å²) in [6.07, 6.45) is 4.91. The molecule has 0 aromatic heterocycles. The van der Waals surface area contributed by atoms with E-state index < -0.39 is 5.60 Å². The molecule has 0 aromatic rings. The van der Waals surface area contributed by atoms with Gasteiger partial charge >= 0.3 is 0 Å². The zero-order valence-corrected chi connectivity index (χ0v) is 7.79. The Labute approximate surface area is 78.0 Å². The van der Waals surface area contributed by atoms with Crippen molar-refractivity contribution in [1.82, 2.24) is 0 Å². The zero-order chi connectivity index (χ0) is 9.64. The maximum atomic E-state index is 11.3. The molecule has 1 saturated carbocycles. The van der Waals surface area contributed by atoms with Gasteiger partial charge in [0.15, 0.2) is 5.78 Å². The molecule has 2 aliphatic carbocycles. The van der Waals surface area contributed by atoms with E-state index in [-0.39, 0.29) is 17.6 Å². The number of ketones is 1. The van der Waals surface area contributed by atoms with Crippen molar-refractivity contribution in [3.63, 3.8) is 0 Å². The fraction of sp³-hybridized carbons (Fsp3) is 0.545. The number of fused-ring (bicyclic) bond motifs is 1. The number of hydrogen-bond donors (Lipinski definition) is 1. The van der Waals surface area contributed by atoms with Gasteiger partial charge in [-0.05, 0) is 31.4 Å². The Hall–Kier alpha value is -0.890. The van der Waals surface area contributed by atoms with Crippen LogP contribution in [0.2, 0.25) is 0 Å². The minimum atomic E-state index is -0.826. The minimum absolute atomic E-state index is 0.0155. The Balaban J connectivity index is 2.33. The quantitative estimate of drug-likeness (QED) is 0.617. The molecule has 2 nitrogen and oxygen atoms in total. The van der Waals surface area contributed by atoms with Crippen molar-refractivity contribution in [2.24, 2.45) is 11.8 Å². The molecule has 0 aliphatic heterocycles. The maximum Gasteiger partial charge on any atom is 0.159 e. The summed E-state index contributed by atoms with van der Waals surface area (Å²) in [6.45, 7) is 5.63. The third-order valence-corrected chi connectivity index (χ3v) is 3.39. The molecule has 70 valence electrons. The molecule has 0 aromatic carbocycles. The van der Waals surface area contributed by atoms with E-state index in [0.717, 1.165) is 12.0 Å². The van der Waals surface area contributed by atoms with E-state index in [1.54, 1.807) is 6.08 Å². The van der Waals surface area contributed by atoms with Crippen LogP contribution in [0, 0.1) is 11.8 Å². The summed E-state index contributed by atoms with van der Waals surface area (Å²) in [6, 6.07) is 0. The van der Waals surface area contributed by atoms with Gasteiger partial charge in [0.05, 0.1) is 5.60 Å². The Bertz CT molecular complexity index is 303. The van der Waals surface area contributed by atoms with E-state index in [0.29, 0.717) is 6.42 Å². The van der Waals surface area contributed by atoms with Crippen molar-refractivity contribution in [1.29, 1.82) is 0 Å². The highest BCUT2D eigenvalue weighted by Crippen LogP contribution is 2.47. The number of rotatable bonds is 1. The molecule has 0 spiro atoms. The van der Waals surface area contributed by atoms with Crippen molar-refractivity contribution in [3.05, 3.63) is 24.3 Å². The van der Waals surface area contributed by atoms with Crippen molar-refractivity contribution >= 4 is 5.78 Å². The summed E-state index contributed by atoms with van der Waals surface area (Å²) in [4.78, 5) is 11.3. The first-order valence-electron chi connectivity index (χ1n) is 4.66. The second kappa shape index (κ2) is 2.55. The molecule has 2 heteroatoms. The fourth-order valence-electron chi connectivity index (χ4n) is 2.49. The van der Waals surface area contributed by atoms with Gasteiger partial charge in [0.25, 0.3) is 0 Å². The summed E-state index contributed by atoms with van der Waals surface area (Å²) in [5.41, 5.74) is -0.0489. The van der Waals surface area contributed by atoms with E-state index in [4.69, 9.17) is 0 Å². The molecule has 0 amide bonds. The minimum Gasteiger partial charge on any atom is -0.385 e. The van der Waals surface area contributed by atoms with Crippen molar-refractivity contribution in [2.45, 2.75) is 25.4 Å². The molecule has 3 atom stereocenters. The molecule has 1 fully saturated rings. The normalized spacial score (nSPS) is 42.5. The van der Waals surface area contributed by atoms with Gasteiger partial charge in [-0.15, -0.1) is 0 Å². The van der Waals surface area contributed by atoms with Gasteiger partial charge in [-0.3, -0.25) is 4.79 Å². The van der Waals surface area contributed by atoms with Gasteiger partial charge in [-0.25, -0.2) is 0 Å². The van der Waals surface area contributed by atoms with Crippen molar-refractivity contribution in [3.8, 4) is 0 Å². The Morgan fingerprint density at radius 1 is 1.77 bits per heavy atom. The van der Waals surface area contributed by atoms with Gasteiger partial charge in [0.1, 0.15) is 0 Å². The van der Waals surface area contributed by atoms with E-state index in [2.05, 4.69) is 6.58 Å². The molecule has 2 rings (SSSR count). The van der Waals surface area contributed by atoms with E-state index >= 15 is 0 Å². The van der Waals surface area contributed by atoms with Crippen LogP contribution < -0.4 is 0 Å². The van der Waals surface area contributed by atoms with Gasteiger partial charge < -0.3 is 5.11 Å². The third kappa shape index (κ3) is 1.02. The lowest BCUT2D eigenvalue weighted by molar-refractivity contribution is -0.118. The molecule has 2 aliphatic rings. The lowest BCUT2D eigenvalue weighted by Crippen LogP contribution is -2.34. The standard InChI is InChI=1S/C11H14O2/c1-7(2)11(13)6-5-8-9(11)3-4-10(8)12/h3-4,8-9,13H,1,5-6H2,2H3/t8-,9-,11-/m1/s1. The number of aliphatic hydroxyl groups is 1. The Morgan fingerprint density at radius 2 is 2.46 bits per heavy atom. The highest BCUT2D eigenvalue weighted by Gasteiger charge is 2.50. The Morgan fingerprint density at radius 3 is 3.08 bits per heavy atom. The summed E-state index contributed by atoms with van der Waals surface area (Å²) < 4.78 is 0. The average Bonchev–Trinajstić information content (AvgIpc) is 2.57. The van der Waals surface area contributed by atoms with Crippen LogP contribution in [0.1, 0.15) is 19.8 Å². The largest absolute Gasteiger partial charge is 0.385 e. The molecular formula is C11H14O2. The van der Waals surface area contributed by atoms with E-state index in [9.17, 15) is 9.90 Å². The molecule has 13 heavy (non-hydrogen) atoms. The summed E-state index contributed by atoms with van der Waals surface area (Å²) in [5.74, 6) is 0.168. The van der Waals surface area contributed by atoms with Crippen molar-refractivity contribution in [2.75, 3.05) is 0 Å². The number of carbonyl (C=O) groups is 1. The first-order chi connectivity index (χ1) is 6.05. The van der Waals surface area contributed by atoms with Crippen LogP contribution in [0.5, 0.6) is 0 Å². The third-order valence-electron chi connectivity index (χ3n) is 3.39. The second-order valence-corrected chi connectivity index (χ2v) is 4.14. The smallest absolute Gasteiger partial charge is 0.159 e. The first-order valence-corrected chi connectivity index (χ1v) is 4.66. The van der Waals surface area contributed by atoms with Gasteiger partial charge in [-0.1, -0.05) is 12.7 Å². The van der Waals surface area contributed by atoms with Crippen LogP contribution >= 0.6 is 0 Å². The van der Waals surface area contributed by atoms with Gasteiger partial charge in [-0.2, -0.15) is 0 Å². The summed E-state index contributed by atoms with van der Waals surface area (Å²) in [5, 5.41) is 10.3. The van der Waals surface area contributed by atoms with Crippen LogP contribution in [0.3, 0.4) is 0 Å². The molecule has 0 unspecified atom stereocenters. The lowest BCUT2D eigenvalue weighted by atomic mass is 9.83. The van der Waals surface area contributed by atoms with Crippen LogP contribution in [0.25, 0.3) is 0 Å². The van der Waals surface area contributed by atoms with Gasteiger partial charge in [0.2, 0.25) is 0 Å². The monoisotopic (exact) mass is 178 g/mol. The first kappa shape index (κ1) is 8.70. The maximum absolute atomic E-state index is 11.3. The van der Waals surface area contributed by atoms with Crippen LogP contribution in [0.4, 0.5) is 0 Å². The molecule has 0 saturated heterocycles. The summed E-state index contributed by atoms with van der Waals surface area (Å²) in [7, 11) is 0. The number of allylic oxidation sites excluding steroid dienone is 1. The fourth-order valence-corrected chi connectivity index (χ4v) is 2.49. The highest BCUT2D eigenvalue weighted by molar-refractivity contribution is 5.95. The van der Waals surface area contributed by atoms with Crippen LogP contribution in [0.15, 0.2) is 24.3 Å². The average molecular weight is 178 g/mol. The van der Waals surface area contributed by atoms with E-state index in [1.165, 1.54) is 0 Å². The molecule has 0 heterocycles. The molecule has 1 N–H and O–H groups in total. The van der Waals surface area contributed by atoms with Crippen molar-refractivity contribution < 1.29 is 9.90 Å². The predicted molar refractivity (Wildman–Crippen MR) is 50.1 cm³/mol. The number of carbonyl (C=O) groups excluding carboxylic acids is 1. The SMILES string of the molecule is C=C(C)[C@]1(O)CC[C@H]2C(=O)C=C[C@H]21. The number of hydrogen-bond acceptors (Lipinski definition) is 2. The molecular weight excluding hydrogens is 164 g/mol. The predicted octanol–water partition coefficient (Wildman–Crippen LogP) is 1.46. The highest BCUT2D eigenvalue weighted by atomic mass is 16.3. The summed E-state index contributed by atoms with van der Waals surface area (Å²) >= 11 is 0. The topological polar surface area (TPSA) is 37.3 Å². The molecule has 0 radical (unpaired) electrons. The van der Waals surface area contributed by atoms with Crippen LogP contribution in [-0.4, -0.2) is 16.5 Å².